The maximum absolute atomic E-state index is 14.5. The molecular formula is C27H23FN8O2. The number of hydrogen-bond acceptors (Lipinski definition) is 7. The number of carbonyl (C=O) groups is 1. The van der Waals surface area contributed by atoms with Crippen molar-refractivity contribution in [2.24, 2.45) is 7.05 Å². The van der Waals surface area contributed by atoms with Crippen LogP contribution >= 0.6 is 0 Å². The molecule has 0 bridgehead atoms. The van der Waals surface area contributed by atoms with E-state index < -0.39 is 11.7 Å². The number of aryl methyl sites for hydroxylation is 1. The fourth-order valence-electron chi connectivity index (χ4n) is 3.87. The summed E-state index contributed by atoms with van der Waals surface area (Å²) in [5.41, 5.74) is 3.82. The van der Waals surface area contributed by atoms with Gasteiger partial charge in [0.25, 0.3) is 11.5 Å². The molecule has 3 aromatic heterocycles. The molecule has 3 heterocycles. The second kappa shape index (κ2) is 10.4. The van der Waals surface area contributed by atoms with Gasteiger partial charge in [0.05, 0.1) is 24.0 Å². The van der Waals surface area contributed by atoms with Crippen molar-refractivity contribution in [2.45, 2.75) is 6.54 Å². The Hall–Kier alpha value is -5.19. The fourth-order valence-corrected chi connectivity index (χ4v) is 3.87. The average molecular weight is 511 g/mol. The molecule has 0 spiro atoms. The number of aromatic nitrogens is 6. The van der Waals surface area contributed by atoms with Crippen molar-refractivity contribution in [3.05, 3.63) is 107 Å². The largest absolute Gasteiger partial charge is 0.355 e. The first-order valence-corrected chi connectivity index (χ1v) is 11.7. The van der Waals surface area contributed by atoms with Crippen LogP contribution in [0.4, 0.5) is 16.0 Å². The van der Waals surface area contributed by atoms with Gasteiger partial charge in [0.2, 0.25) is 5.95 Å². The molecule has 38 heavy (non-hydrogen) atoms. The third-order valence-corrected chi connectivity index (χ3v) is 5.81. The Morgan fingerprint density at radius 2 is 1.79 bits per heavy atom. The molecule has 10 nitrogen and oxygen atoms in total. The zero-order chi connectivity index (χ0) is 26.6. The van der Waals surface area contributed by atoms with Crippen LogP contribution < -0.4 is 16.2 Å². The van der Waals surface area contributed by atoms with Gasteiger partial charge in [0, 0.05) is 61.1 Å². The Labute approximate surface area is 216 Å². The molecule has 5 aromatic rings. The molecule has 0 aliphatic heterocycles. The second-order valence-corrected chi connectivity index (χ2v) is 8.51. The van der Waals surface area contributed by atoms with E-state index in [1.54, 1.807) is 29.3 Å². The van der Waals surface area contributed by atoms with Crippen LogP contribution in [-0.4, -0.2) is 42.5 Å². The summed E-state index contributed by atoms with van der Waals surface area (Å²) in [4.78, 5) is 33.0. The van der Waals surface area contributed by atoms with Crippen molar-refractivity contribution in [3.63, 3.8) is 0 Å². The van der Waals surface area contributed by atoms with Gasteiger partial charge in [-0.2, -0.15) is 10.2 Å². The predicted molar refractivity (Wildman–Crippen MR) is 140 cm³/mol. The van der Waals surface area contributed by atoms with E-state index in [4.69, 9.17) is 0 Å². The number of benzene rings is 2. The molecule has 2 aromatic carbocycles. The highest BCUT2D eigenvalue weighted by molar-refractivity contribution is 5.94. The van der Waals surface area contributed by atoms with Crippen LogP contribution in [-0.2, 0) is 13.6 Å². The topological polar surface area (TPSA) is 120 Å². The van der Waals surface area contributed by atoms with Crippen LogP contribution in [0.25, 0.3) is 22.4 Å². The standard InChI is InChI=1S/C27H23FN8O2/c1-29-26(38)22-7-6-18(11-23(22)28)24-8-9-25(37)36(34-24)15-17-4-3-5-21(10-17)33-27-30-12-19(13-31-27)20-14-32-35(2)16-20/h3-14,16H,15H2,1-2H3,(H,29,38)(H,30,31,33). The summed E-state index contributed by atoms with van der Waals surface area (Å²) in [5, 5.41) is 14.1. The summed E-state index contributed by atoms with van der Waals surface area (Å²) in [6, 6.07) is 14.6. The molecule has 0 aliphatic rings. The Morgan fingerprint density at radius 1 is 0.974 bits per heavy atom. The fraction of sp³-hybridized carbons (Fsp3) is 0.111. The zero-order valence-electron chi connectivity index (χ0n) is 20.6. The van der Waals surface area contributed by atoms with E-state index in [1.165, 1.54) is 36.0 Å². The quantitative estimate of drug-likeness (QED) is 0.344. The Balaban J connectivity index is 1.33. The third-order valence-electron chi connectivity index (χ3n) is 5.81. The van der Waals surface area contributed by atoms with Gasteiger partial charge < -0.3 is 10.6 Å². The van der Waals surface area contributed by atoms with Crippen molar-refractivity contribution < 1.29 is 9.18 Å². The first-order chi connectivity index (χ1) is 18.4. The second-order valence-electron chi connectivity index (χ2n) is 8.51. The molecule has 0 saturated carbocycles. The molecule has 1 amide bonds. The number of hydrogen-bond donors (Lipinski definition) is 2. The lowest BCUT2D eigenvalue weighted by atomic mass is 10.1. The van der Waals surface area contributed by atoms with Crippen LogP contribution in [0.3, 0.4) is 0 Å². The van der Waals surface area contributed by atoms with E-state index >= 15 is 0 Å². The molecule has 0 saturated heterocycles. The summed E-state index contributed by atoms with van der Waals surface area (Å²) >= 11 is 0. The summed E-state index contributed by atoms with van der Waals surface area (Å²) in [7, 11) is 3.28. The number of anilines is 2. The summed E-state index contributed by atoms with van der Waals surface area (Å²) in [5.74, 6) is -0.763. The smallest absolute Gasteiger partial charge is 0.267 e. The van der Waals surface area contributed by atoms with Gasteiger partial charge in [0.15, 0.2) is 0 Å². The van der Waals surface area contributed by atoms with Gasteiger partial charge in [0.1, 0.15) is 5.82 Å². The van der Waals surface area contributed by atoms with E-state index in [-0.39, 0.29) is 17.7 Å². The van der Waals surface area contributed by atoms with E-state index in [9.17, 15) is 14.0 Å². The summed E-state index contributed by atoms with van der Waals surface area (Å²) in [6.45, 7) is 0.196. The van der Waals surface area contributed by atoms with Crippen molar-refractivity contribution in [1.29, 1.82) is 0 Å². The number of nitrogens with zero attached hydrogens (tertiary/aromatic N) is 6. The van der Waals surface area contributed by atoms with E-state index in [1.807, 2.05) is 37.5 Å². The molecule has 2 N–H and O–H groups in total. The lowest BCUT2D eigenvalue weighted by molar-refractivity contribution is 0.0959. The maximum atomic E-state index is 14.5. The van der Waals surface area contributed by atoms with Gasteiger partial charge in [-0.15, -0.1) is 0 Å². The highest BCUT2D eigenvalue weighted by Crippen LogP contribution is 2.21. The van der Waals surface area contributed by atoms with Gasteiger partial charge in [-0.05, 0) is 35.9 Å². The lowest BCUT2D eigenvalue weighted by Crippen LogP contribution is -2.23. The van der Waals surface area contributed by atoms with E-state index in [2.05, 4.69) is 30.8 Å². The highest BCUT2D eigenvalue weighted by atomic mass is 19.1. The Bertz CT molecular complexity index is 1680. The summed E-state index contributed by atoms with van der Waals surface area (Å²) < 4.78 is 17.5. The third kappa shape index (κ3) is 5.31. The van der Waals surface area contributed by atoms with Gasteiger partial charge >= 0.3 is 0 Å². The normalized spacial score (nSPS) is 10.8. The number of amides is 1. The monoisotopic (exact) mass is 510 g/mol. The summed E-state index contributed by atoms with van der Waals surface area (Å²) in [6.07, 6.45) is 7.07. The van der Waals surface area contributed by atoms with Crippen LogP contribution in [0, 0.1) is 5.82 Å². The minimum Gasteiger partial charge on any atom is -0.355 e. The van der Waals surface area contributed by atoms with Crippen molar-refractivity contribution in [2.75, 3.05) is 12.4 Å². The van der Waals surface area contributed by atoms with Gasteiger partial charge in [-0.3, -0.25) is 14.3 Å². The van der Waals surface area contributed by atoms with Crippen LogP contribution in [0.1, 0.15) is 15.9 Å². The predicted octanol–water partition coefficient (Wildman–Crippen LogP) is 3.39. The molecule has 0 unspecified atom stereocenters. The van der Waals surface area contributed by atoms with Crippen LogP contribution in [0.5, 0.6) is 0 Å². The molecule has 0 radical (unpaired) electrons. The molecule has 0 fully saturated rings. The lowest BCUT2D eigenvalue weighted by Gasteiger charge is -2.10. The zero-order valence-corrected chi connectivity index (χ0v) is 20.6. The molecular weight excluding hydrogens is 487 g/mol. The molecule has 190 valence electrons. The minimum atomic E-state index is -0.670. The van der Waals surface area contributed by atoms with Crippen molar-refractivity contribution in [1.82, 2.24) is 34.8 Å². The van der Waals surface area contributed by atoms with Gasteiger partial charge in [-0.1, -0.05) is 18.2 Å². The first kappa shape index (κ1) is 24.5. The highest BCUT2D eigenvalue weighted by Gasteiger charge is 2.13. The van der Waals surface area contributed by atoms with Gasteiger partial charge in [-0.25, -0.2) is 19.0 Å². The van der Waals surface area contributed by atoms with Crippen molar-refractivity contribution >= 4 is 17.5 Å². The number of rotatable bonds is 7. The first-order valence-electron chi connectivity index (χ1n) is 11.7. The van der Waals surface area contributed by atoms with E-state index in [0.29, 0.717) is 17.2 Å². The van der Waals surface area contributed by atoms with E-state index in [0.717, 1.165) is 22.4 Å². The SMILES string of the molecule is CNC(=O)c1ccc(-c2ccc(=O)n(Cc3cccc(Nc4ncc(-c5cnn(C)c5)cn4)c3)n2)cc1F. The number of nitrogens with one attached hydrogen (secondary N) is 2. The van der Waals surface area contributed by atoms with Crippen LogP contribution in [0.15, 0.2) is 84.2 Å². The number of carbonyl (C=O) groups excluding carboxylic acids is 1. The molecule has 0 atom stereocenters. The van der Waals surface area contributed by atoms with Crippen molar-refractivity contribution in [3.8, 4) is 22.4 Å². The van der Waals surface area contributed by atoms with Crippen LogP contribution in [0.2, 0.25) is 0 Å². The molecule has 0 aliphatic carbocycles. The Morgan fingerprint density at radius 3 is 2.50 bits per heavy atom. The number of halogens is 1. The Kier molecular flexibility index (Phi) is 6.72. The molecule has 5 rings (SSSR count). The molecule has 11 heteroatoms. The average Bonchev–Trinajstić information content (AvgIpc) is 3.36. The minimum absolute atomic E-state index is 0.0652. The maximum Gasteiger partial charge on any atom is 0.267 e.